The second-order valence-electron chi connectivity index (χ2n) is 4.93. The van der Waals surface area contributed by atoms with Crippen molar-refractivity contribution in [1.29, 1.82) is 0 Å². The van der Waals surface area contributed by atoms with Gasteiger partial charge in [-0.1, -0.05) is 23.7 Å². The van der Waals surface area contributed by atoms with E-state index in [1.807, 2.05) is 0 Å². The SMILES string of the molecule is C[C@@H](OC(=O)Cc1cccc(F)c1)C(=O)Nc1ccc(Cl)cc1. The van der Waals surface area contributed by atoms with Crippen LogP contribution in [0.3, 0.4) is 0 Å². The first kappa shape index (κ1) is 17.0. The Labute approximate surface area is 138 Å². The molecule has 0 aromatic heterocycles. The normalized spacial score (nSPS) is 11.6. The number of amides is 1. The average Bonchev–Trinajstić information content (AvgIpc) is 2.49. The second kappa shape index (κ2) is 7.74. The first-order valence-corrected chi connectivity index (χ1v) is 7.32. The van der Waals surface area contributed by atoms with Gasteiger partial charge in [0.15, 0.2) is 6.10 Å². The van der Waals surface area contributed by atoms with Crippen LogP contribution in [0.1, 0.15) is 12.5 Å². The molecule has 2 aromatic carbocycles. The molecule has 0 saturated heterocycles. The quantitative estimate of drug-likeness (QED) is 0.849. The Hall–Kier alpha value is -2.40. The van der Waals surface area contributed by atoms with Gasteiger partial charge in [-0.3, -0.25) is 9.59 Å². The van der Waals surface area contributed by atoms with E-state index < -0.39 is 23.8 Å². The molecule has 120 valence electrons. The number of esters is 1. The molecular formula is C17H15ClFNO3. The van der Waals surface area contributed by atoms with Crippen LogP contribution < -0.4 is 5.32 Å². The number of hydrogen-bond donors (Lipinski definition) is 1. The van der Waals surface area contributed by atoms with E-state index in [0.29, 0.717) is 16.3 Å². The van der Waals surface area contributed by atoms with Crippen molar-refractivity contribution in [2.45, 2.75) is 19.4 Å². The topological polar surface area (TPSA) is 55.4 Å². The van der Waals surface area contributed by atoms with Crippen LogP contribution in [0.2, 0.25) is 5.02 Å². The maximum absolute atomic E-state index is 13.1. The minimum absolute atomic E-state index is 0.101. The van der Waals surface area contributed by atoms with Gasteiger partial charge in [0.2, 0.25) is 0 Å². The molecule has 0 saturated carbocycles. The fourth-order valence-corrected chi connectivity index (χ4v) is 2.01. The molecule has 0 bridgehead atoms. The number of carbonyl (C=O) groups is 2. The number of carbonyl (C=O) groups excluding carboxylic acids is 2. The maximum atomic E-state index is 13.1. The summed E-state index contributed by atoms with van der Waals surface area (Å²) in [7, 11) is 0. The van der Waals surface area contributed by atoms with Gasteiger partial charge in [-0.2, -0.15) is 0 Å². The van der Waals surface area contributed by atoms with Gasteiger partial charge < -0.3 is 10.1 Å². The van der Waals surface area contributed by atoms with Gasteiger partial charge in [0.05, 0.1) is 6.42 Å². The molecule has 1 N–H and O–H groups in total. The highest BCUT2D eigenvalue weighted by atomic mass is 35.5. The zero-order chi connectivity index (χ0) is 16.8. The lowest BCUT2D eigenvalue weighted by molar-refractivity contribution is -0.152. The fraction of sp³-hybridized carbons (Fsp3) is 0.176. The van der Waals surface area contributed by atoms with Crippen molar-refractivity contribution in [2.75, 3.05) is 5.32 Å². The number of anilines is 1. The summed E-state index contributed by atoms with van der Waals surface area (Å²) >= 11 is 5.76. The summed E-state index contributed by atoms with van der Waals surface area (Å²) < 4.78 is 18.1. The van der Waals surface area contributed by atoms with Crippen LogP contribution in [0.25, 0.3) is 0 Å². The number of rotatable bonds is 5. The molecule has 0 unspecified atom stereocenters. The lowest BCUT2D eigenvalue weighted by atomic mass is 10.1. The van der Waals surface area contributed by atoms with E-state index in [-0.39, 0.29) is 6.42 Å². The standard InChI is InChI=1S/C17H15ClFNO3/c1-11(17(22)20-15-7-5-13(18)6-8-15)23-16(21)10-12-3-2-4-14(19)9-12/h2-9,11H,10H2,1H3,(H,20,22)/t11-/m1/s1. The van der Waals surface area contributed by atoms with E-state index in [2.05, 4.69) is 5.32 Å². The zero-order valence-electron chi connectivity index (χ0n) is 12.4. The van der Waals surface area contributed by atoms with E-state index in [1.165, 1.54) is 25.1 Å². The third-order valence-corrected chi connectivity index (χ3v) is 3.28. The van der Waals surface area contributed by atoms with Gasteiger partial charge in [-0.05, 0) is 48.9 Å². The first-order valence-electron chi connectivity index (χ1n) is 6.94. The smallest absolute Gasteiger partial charge is 0.311 e. The molecular weight excluding hydrogens is 321 g/mol. The summed E-state index contributed by atoms with van der Waals surface area (Å²) in [6, 6.07) is 12.2. The van der Waals surface area contributed by atoms with E-state index >= 15 is 0 Å². The highest BCUT2D eigenvalue weighted by molar-refractivity contribution is 6.30. The molecule has 4 nitrogen and oxygen atoms in total. The number of halogens is 2. The predicted molar refractivity (Wildman–Crippen MR) is 85.7 cm³/mol. The summed E-state index contributed by atoms with van der Waals surface area (Å²) in [6.07, 6.45) is -1.07. The highest BCUT2D eigenvalue weighted by Crippen LogP contribution is 2.14. The molecule has 0 aliphatic carbocycles. The summed E-state index contributed by atoms with van der Waals surface area (Å²) in [5.41, 5.74) is 1.03. The van der Waals surface area contributed by atoms with Crippen LogP contribution in [0.5, 0.6) is 0 Å². The molecule has 0 radical (unpaired) electrons. The lowest BCUT2D eigenvalue weighted by Gasteiger charge is -2.13. The number of ether oxygens (including phenoxy) is 1. The van der Waals surface area contributed by atoms with E-state index in [0.717, 1.165) is 0 Å². The van der Waals surface area contributed by atoms with Crippen molar-refractivity contribution in [1.82, 2.24) is 0 Å². The molecule has 1 atom stereocenters. The highest BCUT2D eigenvalue weighted by Gasteiger charge is 2.18. The summed E-state index contributed by atoms with van der Waals surface area (Å²) in [4.78, 5) is 23.8. The minimum atomic E-state index is -0.966. The lowest BCUT2D eigenvalue weighted by Crippen LogP contribution is -2.30. The van der Waals surface area contributed by atoms with Crippen LogP contribution in [0.4, 0.5) is 10.1 Å². The second-order valence-corrected chi connectivity index (χ2v) is 5.37. The predicted octanol–water partition coefficient (Wildman–Crippen LogP) is 3.59. The molecule has 2 rings (SSSR count). The molecule has 0 spiro atoms. The van der Waals surface area contributed by atoms with Gasteiger partial charge in [-0.25, -0.2) is 4.39 Å². The van der Waals surface area contributed by atoms with Crippen LogP contribution in [0.15, 0.2) is 48.5 Å². The molecule has 23 heavy (non-hydrogen) atoms. The van der Waals surface area contributed by atoms with Gasteiger partial charge in [0.25, 0.3) is 5.91 Å². The number of nitrogens with one attached hydrogen (secondary N) is 1. The monoisotopic (exact) mass is 335 g/mol. The number of benzene rings is 2. The Morgan fingerprint density at radius 1 is 1.22 bits per heavy atom. The maximum Gasteiger partial charge on any atom is 0.311 e. The summed E-state index contributed by atoms with van der Waals surface area (Å²) in [6.45, 7) is 1.47. The number of hydrogen-bond acceptors (Lipinski definition) is 3. The minimum Gasteiger partial charge on any atom is -0.452 e. The Bertz CT molecular complexity index is 703. The Morgan fingerprint density at radius 3 is 2.57 bits per heavy atom. The van der Waals surface area contributed by atoms with Gasteiger partial charge in [0.1, 0.15) is 5.82 Å². The van der Waals surface area contributed by atoms with Crippen LogP contribution >= 0.6 is 11.6 Å². The van der Waals surface area contributed by atoms with Crippen LogP contribution in [-0.4, -0.2) is 18.0 Å². The van der Waals surface area contributed by atoms with Crippen molar-refractivity contribution < 1.29 is 18.7 Å². The summed E-state index contributed by atoms with van der Waals surface area (Å²) in [5.74, 6) is -1.49. The zero-order valence-corrected chi connectivity index (χ0v) is 13.1. The van der Waals surface area contributed by atoms with Crippen LogP contribution in [0, 0.1) is 5.82 Å². The largest absolute Gasteiger partial charge is 0.452 e. The van der Waals surface area contributed by atoms with Crippen molar-refractivity contribution >= 4 is 29.2 Å². The Kier molecular flexibility index (Phi) is 5.71. The van der Waals surface area contributed by atoms with Crippen molar-refractivity contribution in [2.24, 2.45) is 0 Å². The van der Waals surface area contributed by atoms with Crippen molar-refractivity contribution in [3.05, 3.63) is 64.9 Å². The van der Waals surface area contributed by atoms with E-state index in [1.54, 1.807) is 30.3 Å². The Morgan fingerprint density at radius 2 is 1.91 bits per heavy atom. The molecule has 0 aliphatic rings. The van der Waals surface area contributed by atoms with Crippen molar-refractivity contribution in [3.8, 4) is 0 Å². The van der Waals surface area contributed by atoms with E-state index in [9.17, 15) is 14.0 Å². The molecule has 0 aliphatic heterocycles. The van der Waals surface area contributed by atoms with Gasteiger partial charge in [0, 0.05) is 10.7 Å². The molecule has 0 fully saturated rings. The Balaban J connectivity index is 1.87. The van der Waals surface area contributed by atoms with Crippen LogP contribution in [-0.2, 0) is 20.7 Å². The third-order valence-electron chi connectivity index (χ3n) is 3.03. The van der Waals surface area contributed by atoms with Gasteiger partial charge in [-0.15, -0.1) is 0 Å². The average molecular weight is 336 g/mol. The first-order chi connectivity index (χ1) is 10.9. The van der Waals surface area contributed by atoms with Gasteiger partial charge >= 0.3 is 5.97 Å². The molecule has 1 amide bonds. The summed E-state index contributed by atoms with van der Waals surface area (Å²) in [5, 5.41) is 3.17. The van der Waals surface area contributed by atoms with E-state index in [4.69, 9.17) is 16.3 Å². The molecule has 2 aromatic rings. The molecule has 0 heterocycles. The molecule has 6 heteroatoms. The third kappa shape index (κ3) is 5.38. The van der Waals surface area contributed by atoms with Crippen molar-refractivity contribution in [3.63, 3.8) is 0 Å². The fourth-order valence-electron chi connectivity index (χ4n) is 1.88.